The van der Waals surface area contributed by atoms with E-state index in [0.29, 0.717) is 22.6 Å². The summed E-state index contributed by atoms with van der Waals surface area (Å²) in [6.45, 7) is 5.65. The number of carbonyl (C=O) groups excluding carboxylic acids is 3. The number of aromatic hydroxyl groups is 1. The van der Waals surface area contributed by atoms with Gasteiger partial charge in [0.15, 0.2) is 0 Å². The number of anilines is 1. The minimum atomic E-state index is -1.03. The average Bonchev–Trinajstić information content (AvgIpc) is 3.14. The van der Waals surface area contributed by atoms with Gasteiger partial charge in [-0.1, -0.05) is 24.3 Å². The number of aliphatic hydroxyl groups is 1. The minimum absolute atomic E-state index is 0.0620. The Morgan fingerprint density at radius 3 is 2.32 bits per heavy atom. The number of phenolic OH excluding ortho intramolecular Hbond substituents is 1. The fourth-order valence-electron chi connectivity index (χ4n) is 4.23. The molecule has 0 aromatic heterocycles. The molecule has 1 fully saturated rings. The molecule has 4 rings (SSSR count). The molecule has 3 aromatic rings. The van der Waals surface area contributed by atoms with Crippen LogP contribution < -0.4 is 9.64 Å². The summed E-state index contributed by atoms with van der Waals surface area (Å²) in [5.41, 5.74) is 1.22. The van der Waals surface area contributed by atoms with E-state index in [4.69, 9.17) is 9.47 Å². The van der Waals surface area contributed by atoms with Crippen LogP contribution in [0.4, 0.5) is 5.69 Å². The fraction of sp³-hybridized carbons (Fsp3) is 0.207. The van der Waals surface area contributed by atoms with Gasteiger partial charge >= 0.3 is 5.97 Å². The molecule has 0 aliphatic carbocycles. The smallest absolute Gasteiger partial charge is 0.338 e. The van der Waals surface area contributed by atoms with Gasteiger partial charge < -0.3 is 19.7 Å². The molecule has 8 nitrogen and oxygen atoms in total. The van der Waals surface area contributed by atoms with Gasteiger partial charge in [-0.25, -0.2) is 4.79 Å². The zero-order valence-electron chi connectivity index (χ0n) is 20.7. The monoisotopic (exact) mass is 501 g/mol. The molecule has 190 valence electrons. The molecule has 1 aliphatic heterocycles. The molecular formula is C29H27NO7. The van der Waals surface area contributed by atoms with Crippen molar-refractivity contribution in [1.29, 1.82) is 0 Å². The van der Waals surface area contributed by atoms with Gasteiger partial charge in [0.05, 0.1) is 29.9 Å². The predicted octanol–water partition coefficient (Wildman–Crippen LogP) is 4.98. The molecule has 3 aromatic carbocycles. The summed E-state index contributed by atoms with van der Waals surface area (Å²) in [5.74, 6) is -2.18. The SMILES string of the molecule is CCOC(=O)c1ccc(N2C(=O)C(=O)/C(=C(/O)c3cccc(OC(C)C)c3)C2c2cccc(O)c2)cc1. The molecule has 2 N–H and O–H groups in total. The zero-order chi connectivity index (χ0) is 26.7. The number of aliphatic hydroxyl groups excluding tert-OH is 1. The first kappa shape index (κ1) is 25.5. The summed E-state index contributed by atoms with van der Waals surface area (Å²) < 4.78 is 10.7. The number of rotatable bonds is 7. The largest absolute Gasteiger partial charge is 0.508 e. The number of carbonyl (C=O) groups is 3. The van der Waals surface area contributed by atoms with Gasteiger partial charge in [0, 0.05) is 11.3 Å². The highest BCUT2D eigenvalue weighted by Crippen LogP contribution is 2.43. The van der Waals surface area contributed by atoms with Gasteiger partial charge in [-0.05, 0) is 74.9 Å². The standard InChI is InChI=1S/C29H27NO7/c1-4-36-29(35)18-11-13-21(14-12-18)30-25(19-7-5-9-22(31)15-19)24(27(33)28(30)34)26(32)20-8-6-10-23(16-20)37-17(2)3/h5-17,25,31-32H,4H2,1-3H3/b26-24+. The van der Waals surface area contributed by atoms with Crippen LogP contribution in [0.15, 0.2) is 78.4 Å². The van der Waals surface area contributed by atoms with Crippen LogP contribution in [0.5, 0.6) is 11.5 Å². The maximum atomic E-state index is 13.3. The molecule has 1 unspecified atom stereocenters. The maximum absolute atomic E-state index is 13.3. The Balaban J connectivity index is 1.85. The minimum Gasteiger partial charge on any atom is -0.508 e. The number of phenols is 1. The lowest BCUT2D eigenvalue weighted by molar-refractivity contribution is -0.132. The van der Waals surface area contributed by atoms with Crippen LogP contribution in [0.3, 0.4) is 0 Å². The zero-order valence-corrected chi connectivity index (χ0v) is 20.7. The molecule has 0 bridgehead atoms. The average molecular weight is 502 g/mol. The van der Waals surface area contributed by atoms with E-state index in [9.17, 15) is 24.6 Å². The highest BCUT2D eigenvalue weighted by Gasteiger charge is 2.47. The number of benzene rings is 3. The molecule has 37 heavy (non-hydrogen) atoms. The molecule has 1 atom stereocenters. The Labute approximate surface area is 214 Å². The van der Waals surface area contributed by atoms with E-state index in [-0.39, 0.29) is 35.4 Å². The van der Waals surface area contributed by atoms with Crippen molar-refractivity contribution >= 4 is 29.1 Å². The van der Waals surface area contributed by atoms with Crippen molar-refractivity contribution < 1.29 is 34.1 Å². The molecule has 1 amide bonds. The summed E-state index contributed by atoms with van der Waals surface area (Å²) in [7, 11) is 0. The number of ether oxygens (including phenoxy) is 2. The Bertz CT molecular complexity index is 1380. The molecule has 1 aliphatic rings. The Kier molecular flexibility index (Phi) is 7.29. The fourth-order valence-corrected chi connectivity index (χ4v) is 4.23. The summed E-state index contributed by atoms with van der Waals surface area (Å²) in [5, 5.41) is 21.4. The number of Topliss-reactive ketones (excluding diaryl/α,β-unsaturated/α-hetero) is 1. The molecule has 1 heterocycles. The van der Waals surface area contributed by atoms with Crippen molar-refractivity contribution in [3.05, 3.63) is 95.1 Å². The van der Waals surface area contributed by atoms with Gasteiger partial charge in [0.1, 0.15) is 17.3 Å². The van der Waals surface area contributed by atoms with Crippen molar-refractivity contribution in [2.45, 2.75) is 32.9 Å². The van der Waals surface area contributed by atoms with Gasteiger partial charge in [-0.2, -0.15) is 0 Å². The van der Waals surface area contributed by atoms with E-state index in [2.05, 4.69) is 0 Å². The van der Waals surface area contributed by atoms with Crippen LogP contribution in [0.25, 0.3) is 5.76 Å². The van der Waals surface area contributed by atoms with Gasteiger partial charge in [0.2, 0.25) is 0 Å². The number of ketones is 1. The topological polar surface area (TPSA) is 113 Å². The highest BCUT2D eigenvalue weighted by atomic mass is 16.5. The third-order valence-corrected chi connectivity index (χ3v) is 5.77. The van der Waals surface area contributed by atoms with Gasteiger partial charge in [-0.15, -0.1) is 0 Å². The molecule has 0 saturated carbocycles. The van der Waals surface area contributed by atoms with Crippen molar-refractivity contribution in [1.82, 2.24) is 0 Å². The molecule has 0 spiro atoms. The third kappa shape index (κ3) is 5.18. The van der Waals surface area contributed by atoms with Crippen molar-refractivity contribution in [2.24, 2.45) is 0 Å². The van der Waals surface area contributed by atoms with E-state index >= 15 is 0 Å². The van der Waals surface area contributed by atoms with Crippen LogP contribution in [-0.2, 0) is 14.3 Å². The Hall–Kier alpha value is -4.59. The van der Waals surface area contributed by atoms with E-state index in [1.165, 1.54) is 41.3 Å². The maximum Gasteiger partial charge on any atom is 0.338 e. The van der Waals surface area contributed by atoms with Gasteiger partial charge in [-0.3, -0.25) is 14.5 Å². The van der Waals surface area contributed by atoms with E-state index < -0.39 is 23.7 Å². The first-order valence-corrected chi connectivity index (χ1v) is 11.9. The first-order chi connectivity index (χ1) is 17.7. The van der Waals surface area contributed by atoms with Crippen LogP contribution in [0.2, 0.25) is 0 Å². The second-order valence-electron chi connectivity index (χ2n) is 8.73. The third-order valence-electron chi connectivity index (χ3n) is 5.77. The first-order valence-electron chi connectivity index (χ1n) is 11.9. The lowest BCUT2D eigenvalue weighted by Gasteiger charge is -2.25. The van der Waals surface area contributed by atoms with Crippen molar-refractivity contribution in [3.63, 3.8) is 0 Å². The number of hydrogen-bond acceptors (Lipinski definition) is 7. The second kappa shape index (κ2) is 10.6. The van der Waals surface area contributed by atoms with Crippen LogP contribution in [0.1, 0.15) is 48.3 Å². The molecular weight excluding hydrogens is 474 g/mol. The van der Waals surface area contributed by atoms with Crippen molar-refractivity contribution in [2.75, 3.05) is 11.5 Å². The van der Waals surface area contributed by atoms with Crippen molar-refractivity contribution in [3.8, 4) is 11.5 Å². The summed E-state index contributed by atoms with van der Waals surface area (Å²) in [4.78, 5) is 39.9. The van der Waals surface area contributed by atoms with E-state index in [1.54, 1.807) is 43.3 Å². The number of hydrogen-bond donors (Lipinski definition) is 2. The normalized spacial score (nSPS) is 16.8. The summed E-state index contributed by atoms with van der Waals surface area (Å²) in [6.07, 6.45) is -0.104. The Morgan fingerprint density at radius 1 is 0.973 bits per heavy atom. The Morgan fingerprint density at radius 2 is 1.68 bits per heavy atom. The predicted molar refractivity (Wildman–Crippen MR) is 137 cm³/mol. The highest BCUT2D eigenvalue weighted by molar-refractivity contribution is 6.51. The number of esters is 1. The van der Waals surface area contributed by atoms with Crippen LogP contribution >= 0.6 is 0 Å². The molecule has 0 radical (unpaired) electrons. The number of amides is 1. The summed E-state index contributed by atoms with van der Waals surface area (Å²) >= 11 is 0. The van der Waals surface area contributed by atoms with Crippen LogP contribution in [-0.4, -0.2) is 40.6 Å². The summed E-state index contributed by atoms with van der Waals surface area (Å²) in [6, 6.07) is 17.8. The van der Waals surface area contributed by atoms with E-state index in [0.717, 1.165) is 0 Å². The lowest BCUT2D eigenvalue weighted by Crippen LogP contribution is -2.29. The lowest BCUT2D eigenvalue weighted by atomic mass is 9.95. The number of nitrogens with zero attached hydrogens (tertiary/aromatic N) is 1. The van der Waals surface area contributed by atoms with Gasteiger partial charge in [0.25, 0.3) is 11.7 Å². The molecule has 8 heteroatoms. The quantitative estimate of drug-likeness (QED) is 0.203. The second-order valence-corrected chi connectivity index (χ2v) is 8.73. The molecule has 1 saturated heterocycles. The van der Waals surface area contributed by atoms with Crippen LogP contribution in [0, 0.1) is 0 Å². The van der Waals surface area contributed by atoms with E-state index in [1.807, 2.05) is 13.8 Å².